The van der Waals surface area contributed by atoms with Gasteiger partial charge < -0.3 is 35.2 Å². The quantitative estimate of drug-likeness (QED) is 0.0102. The average molecular weight is 881 g/mol. The van der Waals surface area contributed by atoms with E-state index in [1.54, 1.807) is 18.2 Å². The number of hydrogen-bond acceptors (Lipinski definition) is 20. The minimum absolute atomic E-state index is 0. The van der Waals surface area contributed by atoms with Crippen molar-refractivity contribution in [1.29, 1.82) is 5.26 Å². The molecule has 56 heavy (non-hydrogen) atoms. The molecule has 4 aromatic rings. The number of benzene rings is 2. The first-order chi connectivity index (χ1) is 25.4. The molecule has 0 unspecified atom stereocenters. The van der Waals surface area contributed by atoms with E-state index < -0.39 is 27.7 Å². The molecule has 0 atom stereocenters. The second kappa shape index (κ2) is 26.7. The molecule has 0 aliphatic carbocycles. The van der Waals surface area contributed by atoms with E-state index >= 15 is 0 Å². The molecule has 0 aliphatic heterocycles. The van der Waals surface area contributed by atoms with Gasteiger partial charge >= 0.3 is 154 Å². The van der Waals surface area contributed by atoms with Gasteiger partial charge in [-0.1, -0.05) is 18.2 Å². The molecule has 4 rings (SSSR count). The van der Waals surface area contributed by atoms with Crippen LogP contribution in [0.3, 0.4) is 0 Å². The van der Waals surface area contributed by atoms with Gasteiger partial charge in [0, 0.05) is 48.7 Å². The van der Waals surface area contributed by atoms with Crippen LogP contribution in [0.4, 0.5) is 40.5 Å². The number of para-hydroxylation sites is 1. The second-order valence-corrected chi connectivity index (χ2v) is 12.4. The molecular weight excluding hydrogens is 854 g/mol. The van der Waals surface area contributed by atoms with Crippen molar-refractivity contribution in [2.45, 2.75) is 26.7 Å². The first kappa shape index (κ1) is 52.7. The number of carboxylic acids is 1. The van der Waals surface area contributed by atoms with Crippen molar-refractivity contribution in [1.82, 2.24) is 24.7 Å². The van der Waals surface area contributed by atoms with Gasteiger partial charge in [-0.25, -0.2) is 8.42 Å². The third kappa shape index (κ3) is 17.1. The summed E-state index contributed by atoms with van der Waals surface area (Å²) in [5.74, 6) is -3.26. The van der Waals surface area contributed by atoms with E-state index in [4.69, 9.17) is 0 Å². The molecule has 1 amide bonds. The summed E-state index contributed by atoms with van der Waals surface area (Å²) in [6.45, 7) is 2.75. The Morgan fingerprint density at radius 3 is 2.41 bits per heavy atom. The van der Waals surface area contributed by atoms with Crippen LogP contribution in [0.1, 0.15) is 31.0 Å². The van der Waals surface area contributed by atoms with Gasteiger partial charge in [-0.2, -0.15) is 34.3 Å². The molecule has 21 nitrogen and oxygen atoms in total. The maximum Gasteiger partial charge on any atom is 1.00 e. The van der Waals surface area contributed by atoms with Gasteiger partial charge in [-0.15, -0.1) is 10.2 Å². The molecular formula is C30H27K3N12O9S2. The molecule has 2 aromatic carbocycles. The van der Waals surface area contributed by atoms with E-state index in [1.807, 2.05) is 41.3 Å². The van der Waals surface area contributed by atoms with Gasteiger partial charge in [0.15, 0.2) is 5.82 Å². The Kier molecular flexibility index (Phi) is 25.2. The minimum atomic E-state index is -4.59. The van der Waals surface area contributed by atoms with Crippen molar-refractivity contribution in [3.05, 3.63) is 59.8 Å². The number of amides is 1. The van der Waals surface area contributed by atoms with Crippen molar-refractivity contribution in [2.24, 2.45) is 10.2 Å². The number of nitrogens with zero attached hydrogens (tertiary/aromatic N) is 9. The van der Waals surface area contributed by atoms with Gasteiger partial charge in [-0.3, -0.25) is 15.1 Å². The average Bonchev–Trinajstić information content (AvgIpc) is 3.43. The zero-order valence-electron chi connectivity index (χ0n) is 30.7. The summed E-state index contributed by atoms with van der Waals surface area (Å²) in [4.78, 5) is 37.7. The summed E-state index contributed by atoms with van der Waals surface area (Å²) in [6, 6.07) is 18.4. The zero-order chi connectivity index (χ0) is 38.4. The first-order valence-corrected chi connectivity index (χ1v) is 17.4. The summed E-state index contributed by atoms with van der Waals surface area (Å²) in [7, 11) is -4.59. The number of azo groups is 1. The topological polar surface area (TPSA) is 300 Å². The van der Waals surface area contributed by atoms with Crippen LogP contribution in [0.5, 0.6) is 0 Å². The number of aliphatic carboxylic acids is 1. The van der Waals surface area contributed by atoms with Gasteiger partial charge in [0.05, 0.1) is 27.3 Å². The molecule has 0 saturated carbocycles. The number of aromatic nitrogens is 5. The van der Waals surface area contributed by atoms with E-state index in [0.717, 1.165) is 10.4 Å². The predicted molar refractivity (Wildman–Crippen MR) is 183 cm³/mol. The number of hydrogen-bond donors (Lipinski definition) is 3. The summed E-state index contributed by atoms with van der Waals surface area (Å²) in [6.07, 6.45) is 0.105. The summed E-state index contributed by atoms with van der Waals surface area (Å²) in [5, 5.41) is 57.3. The first-order valence-electron chi connectivity index (χ1n) is 15.1. The van der Waals surface area contributed by atoms with E-state index in [1.165, 1.54) is 13.8 Å². The van der Waals surface area contributed by atoms with Crippen LogP contribution in [0.2, 0.25) is 0 Å². The fourth-order valence-electron chi connectivity index (χ4n) is 4.46. The zero-order valence-corrected chi connectivity index (χ0v) is 41.7. The van der Waals surface area contributed by atoms with Gasteiger partial charge in [0.25, 0.3) is 5.95 Å². The third-order valence-corrected chi connectivity index (χ3v) is 7.62. The van der Waals surface area contributed by atoms with Crippen molar-refractivity contribution in [2.75, 3.05) is 39.7 Å². The normalized spacial score (nSPS) is 10.4. The van der Waals surface area contributed by atoms with Gasteiger partial charge in [0.2, 0.25) is 17.8 Å². The Balaban J connectivity index is 0.00000523. The molecule has 26 heteroatoms. The van der Waals surface area contributed by atoms with Crippen LogP contribution in [-0.4, -0.2) is 68.4 Å². The number of aryl methyl sites for hydroxylation is 1. The van der Waals surface area contributed by atoms with Crippen LogP contribution in [-0.2, 0) is 29.1 Å². The van der Waals surface area contributed by atoms with Crippen LogP contribution < -0.4 is 185 Å². The predicted octanol–water partition coefficient (Wildman–Crippen LogP) is -7.55. The Morgan fingerprint density at radius 1 is 1.05 bits per heavy atom. The van der Waals surface area contributed by atoms with E-state index in [2.05, 4.69) is 66.9 Å². The largest absolute Gasteiger partial charge is 1.00 e. The standard InChI is InChI=1S/C30H30N12O9S2.3K/c1-19-23(18-31)27(42(40-19)30-36-28(32-12-15-52-51-50-46)35-29(37-30)33-13-16-53(47,48)49)39-38-24-11-10-22(17-25(24)34-20(2)43)41(14-6-9-26(44)45)21-7-4-3-5-8-21;;;/h3-5,7-8,10-11,17,46H,6,9,13-14,16H2,1-2H3,(H,34,43)(H,44,45)(H,47,48,49)(H2,32,33,35,36,37);;;/q;3*+1/p-3. The number of rotatable bonds is 17. The number of carbonyl (C=O) groups is 2. The van der Waals surface area contributed by atoms with Crippen LogP contribution in [0.15, 0.2) is 58.8 Å². The van der Waals surface area contributed by atoms with Crippen molar-refractivity contribution >= 4 is 74.5 Å². The molecule has 0 bridgehead atoms. The molecule has 2 aromatic heterocycles. The molecule has 0 spiro atoms. The van der Waals surface area contributed by atoms with Crippen molar-refractivity contribution < 1.29 is 196 Å². The van der Waals surface area contributed by atoms with Gasteiger partial charge in [-0.05, 0) is 50.1 Å². The Morgan fingerprint density at radius 2 is 1.77 bits per heavy atom. The fraction of sp³-hybridized carbons (Fsp3) is 0.233. The number of anilines is 5. The number of nitrogens with one attached hydrogen (secondary N) is 3. The maximum absolute atomic E-state index is 12.3. The summed E-state index contributed by atoms with van der Waals surface area (Å²) >= 11 is 0.339. The Labute approximate surface area is 452 Å². The number of nitriles is 1. The van der Waals surface area contributed by atoms with Gasteiger partial charge in [0.1, 0.15) is 29.4 Å². The molecule has 276 valence electrons. The molecule has 2 heterocycles. The maximum atomic E-state index is 12.3. The van der Waals surface area contributed by atoms with E-state index in [-0.39, 0.29) is 220 Å². The molecule has 0 fully saturated rings. The van der Waals surface area contributed by atoms with E-state index in [9.17, 15) is 38.2 Å². The number of carboxylic acid groups (broad SMARTS) is 1. The van der Waals surface area contributed by atoms with Crippen LogP contribution in [0, 0.1) is 29.6 Å². The SMILES string of the molecule is CC(=O)Nc1cc(N(CCCC(=O)[O-])c2ccccc2)ccc1N=Nc1c(C#N)c(C)nn1-c1nc(NC#CSOO[O-])nc(NCCS(=O)(=O)[O-])n1.[K+].[K+].[K+]. The van der Waals surface area contributed by atoms with Crippen molar-refractivity contribution in [3.63, 3.8) is 0 Å². The monoisotopic (exact) mass is 880 g/mol. The van der Waals surface area contributed by atoms with Crippen LogP contribution >= 0.6 is 12.0 Å². The van der Waals surface area contributed by atoms with Crippen molar-refractivity contribution in [3.8, 4) is 23.3 Å². The number of carbonyl (C=O) groups excluding carboxylic acids is 2. The summed E-state index contributed by atoms with van der Waals surface area (Å²) in [5.41, 5.74) is 1.92. The molecule has 3 N–H and O–H groups in total. The molecule has 0 radical (unpaired) electrons. The van der Waals surface area contributed by atoms with E-state index in [0.29, 0.717) is 24.3 Å². The minimum Gasteiger partial charge on any atom is -0.748 e. The Hall–Kier alpha value is -1.30. The summed E-state index contributed by atoms with van der Waals surface area (Å²) < 4.78 is 38.5. The third-order valence-electron chi connectivity index (χ3n) is 6.61. The second-order valence-electron chi connectivity index (χ2n) is 10.4. The fourth-order valence-corrected chi connectivity index (χ4v) is 4.97. The molecule has 0 saturated heterocycles. The Bertz CT molecular complexity index is 2200. The smallest absolute Gasteiger partial charge is 0.748 e. The molecule has 0 aliphatic rings. The van der Waals surface area contributed by atoms with Crippen LogP contribution in [0.25, 0.3) is 5.95 Å².